The van der Waals surface area contributed by atoms with E-state index in [1.54, 1.807) is 22.9 Å². The van der Waals surface area contributed by atoms with Crippen molar-refractivity contribution >= 4 is 34.8 Å². The zero-order chi connectivity index (χ0) is 22.1. The first-order valence-corrected chi connectivity index (χ1v) is 10.6. The van der Waals surface area contributed by atoms with E-state index < -0.39 is 5.69 Å². The summed E-state index contributed by atoms with van der Waals surface area (Å²) in [4.78, 5) is 26.0. The van der Waals surface area contributed by atoms with Crippen molar-refractivity contribution in [2.24, 2.45) is 4.99 Å². The van der Waals surface area contributed by atoms with E-state index >= 15 is 0 Å². The molecule has 11 heteroatoms. The largest absolute Gasteiger partial charge is 0.493 e. The molecule has 4 aromatic rings. The molecular weight excluding hydrogens is 432 g/mol. The lowest BCUT2D eigenvalue weighted by atomic mass is 10.1. The van der Waals surface area contributed by atoms with Crippen molar-refractivity contribution in [1.29, 1.82) is 0 Å². The zero-order valence-electron chi connectivity index (χ0n) is 17.0. The van der Waals surface area contributed by atoms with Crippen LogP contribution in [0.15, 0.2) is 46.3 Å². The van der Waals surface area contributed by atoms with Crippen molar-refractivity contribution in [2.45, 2.75) is 18.9 Å². The van der Waals surface area contributed by atoms with Crippen molar-refractivity contribution in [3.63, 3.8) is 0 Å². The summed E-state index contributed by atoms with van der Waals surface area (Å²) in [5.41, 5.74) is 1.74. The van der Waals surface area contributed by atoms with Crippen LogP contribution in [0.5, 0.6) is 5.88 Å². The summed E-state index contributed by atoms with van der Waals surface area (Å²) in [6.45, 7) is 1.85. The van der Waals surface area contributed by atoms with Crippen LogP contribution in [0.2, 0.25) is 5.02 Å². The average molecular weight is 453 g/mol. The lowest BCUT2D eigenvalue weighted by Gasteiger charge is -2.18. The minimum absolute atomic E-state index is 0.183. The molecule has 0 spiro atoms. The highest BCUT2D eigenvalue weighted by Crippen LogP contribution is 2.18. The van der Waals surface area contributed by atoms with E-state index in [1.807, 2.05) is 24.3 Å². The first kappa shape index (κ1) is 20.3. The maximum atomic E-state index is 11.5. The highest BCUT2D eigenvalue weighted by molar-refractivity contribution is 6.30. The summed E-state index contributed by atoms with van der Waals surface area (Å²) < 4.78 is 1.67. The van der Waals surface area contributed by atoms with Crippen LogP contribution in [0.4, 0.5) is 11.5 Å². The van der Waals surface area contributed by atoms with Gasteiger partial charge in [-0.2, -0.15) is 9.61 Å². The molecule has 3 aromatic heterocycles. The Balaban J connectivity index is 1.67. The fourth-order valence-corrected chi connectivity index (χ4v) is 3.90. The number of benzene rings is 1. The van der Waals surface area contributed by atoms with Crippen molar-refractivity contribution in [3.8, 4) is 5.88 Å². The first-order chi connectivity index (χ1) is 15.5. The van der Waals surface area contributed by atoms with Gasteiger partial charge in [-0.25, -0.2) is 9.78 Å². The number of halogens is 1. The number of nitrogens with one attached hydrogen (secondary N) is 4. The van der Waals surface area contributed by atoms with E-state index in [-0.39, 0.29) is 17.6 Å². The Labute approximate surface area is 186 Å². The number of aromatic amines is 2. The fourth-order valence-electron chi connectivity index (χ4n) is 3.71. The van der Waals surface area contributed by atoms with Gasteiger partial charge in [0.1, 0.15) is 11.5 Å². The van der Waals surface area contributed by atoms with Crippen LogP contribution >= 0.6 is 11.6 Å². The smallest absolute Gasteiger partial charge is 0.326 e. The van der Waals surface area contributed by atoms with Gasteiger partial charge in [0.15, 0.2) is 11.1 Å². The van der Waals surface area contributed by atoms with Gasteiger partial charge in [0.25, 0.3) is 0 Å². The van der Waals surface area contributed by atoms with E-state index in [0.717, 1.165) is 31.6 Å². The molecule has 0 aliphatic carbocycles. The van der Waals surface area contributed by atoms with Gasteiger partial charge in [-0.05, 0) is 50.2 Å². The van der Waals surface area contributed by atoms with Crippen molar-refractivity contribution < 1.29 is 5.11 Å². The monoisotopic (exact) mass is 452 g/mol. The number of aromatic nitrogens is 5. The number of fused-ring (bicyclic) bond motifs is 1. The molecule has 1 aliphatic heterocycles. The van der Waals surface area contributed by atoms with Gasteiger partial charge in [-0.1, -0.05) is 17.7 Å². The summed E-state index contributed by atoms with van der Waals surface area (Å²) in [5, 5.41) is 22.2. The first-order valence-electron chi connectivity index (χ1n) is 10.2. The second-order valence-corrected chi connectivity index (χ2v) is 8.00. The van der Waals surface area contributed by atoms with Crippen LogP contribution in [0, 0.1) is 0 Å². The number of imidazole rings is 1. The molecule has 5 rings (SSSR count). The number of anilines is 2. The van der Waals surface area contributed by atoms with Crippen LogP contribution in [-0.2, 0) is 0 Å². The molecule has 0 radical (unpaired) electrons. The lowest BCUT2D eigenvalue weighted by Crippen LogP contribution is -2.32. The van der Waals surface area contributed by atoms with Crippen LogP contribution in [0.1, 0.15) is 18.5 Å². The molecule has 0 unspecified atom stereocenters. The highest BCUT2D eigenvalue weighted by Gasteiger charge is 2.13. The van der Waals surface area contributed by atoms with Gasteiger partial charge >= 0.3 is 5.69 Å². The Hall–Kier alpha value is -3.63. The van der Waals surface area contributed by atoms with E-state index in [1.165, 1.54) is 0 Å². The van der Waals surface area contributed by atoms with Gasteiger partial charge in [-0.3, -0.25) is 9.98 Å². The third-order valence-electron chi connectivity index (χ3n) is 5.24. The quantitative estimate of drug-likeness (QED) is 0.314. The second-order valence-electron chi connectivity index (χ2n) is 7.57. The van der Waals surface area contributed by atoms with Crippen molar-refractivity contribution in [3.05, 3.63) is 68.4 Å². The third kappa shape index (κ3) is 4.23. The standard InChI is InChI=1S/C21H21ClN8O2/c22-13-2-1-3-15(9-13)25-17-10-18(26-14-4-6-23-7-5-14)30-19(28-17)12(11-24-30)8-16-20(31)29-21(32)27-16/h1-3,8-11,14,23,25,31H,4-7H2,(H2,27,29,32)/b12-8+,26-18?. The average Bonchev–Trinajstić information content (AvgIpc) is 3.31. The molecule has 4 heterocycles. The molecule has 5 N–H and O–H groups in total. The molecule has 0 amide bonds. The van der Waals surface area contributed by atoms with Gasteiger partial charge in [0, 0.05) is 22.0 Å². The van der Waals surface area contributed by atoms with Gasteiger partial charge in [-0.15, -0.1) is 0 Å². The van der Waals surface area contributed by atoms with Crippen LogP contribution in [0.3, 0.4) is 0 Å². The number of aromatic hydroxyl groups is 1. The number of hydrogen-bond acceptors (Lipinski definition) is 7. The Morgan fingerprint density at radius 1 is 1.25 bits per heavy atom. The fraction of sp³-hybridized carbons (Fsp3) is 0.238. The highest BCUT2D eigenvalue weighted by atomic mass is 35.5. The minimum atomic E-state index is -0.497. The number of rotatable bonds is 4. The molecule has 1 aromatic carbocycles. The van der Waals surface area contributed by atoms with E-state index in [9.17, 15) is 9.90 Å². The Kier molecular flexibility index (Phi) is 5.38. The summed E-state index contributed by atoms with van der Waals surface area (Å²) in [6, 6.07) is 9.39. The number of piperidine rings is 1. The summed E-state index contributed by atoms with van der Waals surface area (Å²) >= 11 is 6.12. The Morgan fingerprint density at radius 3 is 2.84 bits per heavy atom. The molecule has 0 saturated carbocycles. The Bertz CT molecular complexity index is 1450. The molecule has 0 atom stereocenters. The predicted molar refractivity (Wildman–Crippen MR) is 121 cm³/mol. The second kappa shape index (κ2) is 8.48. The molecule has 32 heavy (non-hydrogen) atoms. The molecule has 10 nitrogen and oxygen atoms in total. The zero-order valence-corrected chi connectivity index (χ0v) is 17.7. The lowest BCUT2D eigenvalue weighted by molar-refractivity contribution is 0.450. The number of hydrogen-bond donors (Lipinski definition) is 5. The van der Waals surface area contributed by atoms with E-state index in [4.69, 9.17) is 21.6 Å². The maximum Gasteiger partial charge on any atom is 0.326 e. The van der Waals surface area contributed by atoms with Gasteiger partial charge in [0.2, 0.25) is 5.88 Å². The van der Waals surface area contributed by atoms with Crippen LogP contribution in [-0.4, -0.2) is 48.8 Å². The summed E-state index contributed by atoms with van der Waals surface area (Å²) in [5.74, 6) is 0.330. The predicted octanol–water partition coefficient (Wildman–Crippen LogP) is 1.05. The normalized spacial score (nSPS) is 16.2. The SMILES string of the molecule is O=c1[nH]c(O)c(/C=c2\cnn3c(=NC4CCNCC4)cc(Nc4cccc(Cl)c4)nc23)[nH]1. The molecule has 1 saturated heterocycles. The van der Waals surface area contributed by atoms with Crippen molar-refractivity contribution in [1.82, 2.24) is 29.9 Å². The molecule has 0 bridgehead atoms. The molecule has 1 aliphatic rings. The summed E-state index contributed by atoms with van der Waals surface area (Å²) in [7, 11) is 0. The van der Waals surface area contributed by atoms with Gasteiger partial charge in [0.05, 0.1) is 12.2 Å². The topological polar surface area (TPSA) is 135 Å². The van der Waals surface area contributed by atoms with Crippen LogP contribution < -0.4 is 27.0 Å². The van der Waals surface area contributed by atoms with Gasteiger partial charge < -0.3 is 20.7 Å². The maximum absolute atomic E-state index is 11.5. The number of nitrogens with zero attached hydrogens (tertiary/aromatic N) is 4. The summed E-state index contributed by atoms with van der Waals surface area (Å²) in [6.07, 6.45) is 5.12. The number of H-pyrrole nitrogens is 2. The molecule has 1 fully saturated rings. The molecule has 164 valence electrons. The molecular formula is C21H21ClN8O2. The van der Waals surface area contributed by atoms with E-state index in [0.29, 0.717) is 27.2 Å². The van der Waals surface area contributed by atoms with E-state index in [2.05, 4.69) is 25.7 Å². The minimum Gasteiger partial charge on any atom is -0.493 e. The third-order valence-corrected chi connectivity index (χ3v) is 5.47. The van der Waals surface area contributed by atoms with Crippen LogP contribution in [0.25, 0.3) is 11.7 Å². The van der Waals surface area contributed by atoms with Crippen molar-refractivity contribution in [2.75, 3.05) is 18.4 Å². The Morgan fingerprint density at radius 2 is 2.09 bits per heavy atom.